The van der Waals surface area contributed by atoms with Crippen LogP contribution in [0.1, 0.15) is 24.8 Å². The zero-order valence-electron chi connectivity index (χ0n) is 10.1. The number of aromatic hydroxyl groups is 1. The fraction of sp³-hybridized carbons (Fsp3) is 0.429. The van der Waals surface area contributed by atoms with Crippen LogP contribution in [0.2, 0.25) is 0 Å². The zero-order valence-corrected chi connectivity index (χ0v) is 10.1. The number of hydrogen-bond acceptors (Lipinski definition) is 2. The van der Waals surface area contributed by atoms with Gasteiger partial charge in [0.25, 0.3) is 0 Å². The Balaban J connectivity index is 1.95. The molecular weight excluding hydrogens is 212 g/mol. The first-order chi connectivity index (χ1) is 8.07. The van der Waals surface area contributed by atoms with Crippen LogP contribution in [0.25, 0.3) is 10.9 Å². The standard InChI is InChI=1S/C14H18N2O/c1-16-9-10(4-5-14(15)6-7-14)12-8-11(17)2-3-13(12)16/h2-3,8-9,17H,4-7,15H2,1H3. The Morgan fingerprint density at radius 3 is 2.88 bits per heavy atom. The minimum absolute atomic E-state index is 0.0962. The summed E-state index contributed by atoms with van der Waals surface area (Å²) in [4.78, 5) is 0. The van der Waals surface area contributed by atoms with Crippen molar-refractivity contribution in [3.63, 3.8) is 0 Å². The lowest BCUT2D eigenvalue weighted by Gasteiger charge is -2.06. The molecule has 3 N–H and O–H groups in total. The summed E-state index contributed by atoms with van der Waals surface area (Å²) >= 11 is 0. The van der Waals surface area contributed by atoms with Crippen LogP contribution in [0.5, 0.6) is 5.75 Å². The number of aryl methyl sites for hydroxylation is 2. The van der Waals surface area contributed by atoms with Gasteiger partial charge in [0.2, 0.25) is 0 Å². The van der Waals surface area contributed by atoms with Gasteiger partial charge in [-0.05, 0) is 49.4 Å². The van der Waals surface area contributed by atoms with E-state index in [1.54, 1.807) is 6.07 Å². The third-order valence-electron chi connectivity index (χ3n) is 3.84. The number of hydrogen-bond donors (Lipinski definition) is 2. The molecule has 3 nitrogen and oxygen atoms in total. The molecule has 3 rings (SSSR count). The lowest BCUT2D eigenvalue weighted by Crippen LogP contribution is -2.21. The molecule has 17 heavy (non-hydrogen) atoms. The predicted molar refractivity (Wildman–Crippen MR) is 69.1 cm³/mol. The number of aromatic nitrogens is 1. The minimum Gasteiger partial charge on any atom is -0.508 e. The van der Waals surface area contributed by atoms with Crippen molar-refractivity contribution in [2.45, 2.75) is 31.2 Å². The van der Waals surface area contributed by atoms with Crippen molar-refractivity contribution in [2.75, 3.05) is 0 Å². The molecule has 0 amide bonds. The van der Waals surface area contributed by atoms with Crippen LogP contribution >= 0.6 is 0 Å². The van der Waals surface area contributed by atoms with Crippen LogP contribution in [-0.4, -0.2) is 15.2 Å². The third kappa shape index (κ3) is 1.91. The summed E-state index contributed by atoms with van der Waals surface area (Å²) in [7, 11) is 2.04. The molecule has 1 aliphatic carbocycles. The average molecular weight is 230 g/mol. The molecule has 3 heteroatoms. The molecule has 0 saturated heterocycles. The Morgan fingerprint density at radius 1 is 1.41 bits per heavy atom. The highest BCUT2D eigenvalue weighted by Gasteiger charge is 2.37. The lowest BCUT2D eigenvalue weighted by atomic mass is 10.0. The Morgan fingerprint density at radius 2 is 2.18 bits per heavy atom. The molecule has 1 saturated carbocycles. The number of phenolic OH excluding ortho intramolecular Hbond substituents is 1. The summed E-state index contributed by atoms with van der Waals surface area (Å²) in [5.74, 6) is 0.332. The Kier molecular flexibility index (Phi) is 2.20. The number of nitrogens with two attached hydrogens (primary N) is 1. The molecule has 1 aromatic heterocycles. The van der Waals surface area contributed by atoms with Gasteiger partial charge in [0.15, 0.2) is 0 Å². The maximum atomic E-state index is 9.57. The van der Waals surface area contributed by atoms with E-state index in [4.69, 9.17) is 5.73 Å². The summed E-state index contributed by atoms with van der Waals surface area (Å²) in [5.41, 5.74) is 8.67. The van der Waals surface area contributed by atoms with Crippen molar-refractivity contribution in [1.29, 1.82) is 0 Å². The number of fused-ring (bicyclic) bond motifs is 1. The lowest BCUT2D eigenvalue weighted by molar-refractivity contribution is 0.476. The van der Waals surface area contributed by atoms with Gasteiger partial charge in [-0.1, -0.05) is 0 Å². The first-order valence-electron chi connectivity index (χ1n) is 6.13. The van der Waals surface area contributed by atoms with Gasteiger partial charge < -0.3 is 15.4 Å². The number of rotatable bonds is 3. The fourth-order valence-corrected chi connectivity index (χ4v) is 2.46. The highest BCUT2D eigenvalue weighted by molar-refractivity contribution is 5.85. The van der Waals surface area contributed by atoms with Crippen molar-refractivity contribution in [2.24, 2.45) is 12.8 Å². The Labute approximate surface area is 101 Å². The summed E-state index contributed by atoms with van der Waals surface area (Å²) in [5, 5.41) is 10.7. The van der Waals surface area contributed by atoms with Gasteiger partial charge in [-0.2, -0.15) is 0 Å². The molecule has 1 aliphatic rings. The molecule has 2 aromatic rings. The molecule has 1 fully saturated rings. The van der Waals surface area contributed by atoms with Crippen LogP contribution in [0, 0.1) is 0 Å². The van der Waals surface area contributed by atoms with Crippen LogP contribution < -0.4 is 5.73 Å². The number of phenols is 1. The topological polar surface area (TPSA) is 51.2 Å². The van der Waals surface area contributed by atoms with Gasteiger partial charge >= 0.3 is 0 Å². The van der Waals surface area contributed by atoms with Crippen LogP contribution in [0.15, 0.2) is 24.4 Å². The van der Waals surface area contributed by atoms with Gasteiger partial charge in [0.05, 0.1) is 0 Å². The molecular formula is C14H18N2O. The van der Waals surface area contributed by atoms with Gasteiger partial charge in [-0.15, -0.1) is 0 Å². The molecule has 90 valence electrons. The van der Waals surface area contributed by atoms with Crippen molar-refractivity contribution >= 4 is 10.9 Å². The van der Waals surface area contributed by atoms with Crippen molar-refractivity contribution in [1.82, 2.24) is 4.57 Å². The second-order valence-corrected chi connectivity index (χ2v) is 5.33. The number of benzene rings is 1. The summed E-state index contributed by atoms with van der Waals surface area (Å²) in [6.45, 7) is 0. The first kappa shape index (κ1) is 10.7. The van der Waals surface area contributed by atoms with E-state index in [9.17, 15) is 5.11 Å². The van der Waals surface area contributed by atoms with Crippen molar-refractivity contribution in [3.8, 4) is 5.75 Å². The van der Waals surface area contributed by atoms with Gasteiger partial charge in [-0.3, -0.25) is 0 Å². The van der Waals surface area contributed by atoms with Crippen molar-refractivity contribution < 1.29 is 5.11 Å². The van der Waals surface area contributed by atoms with E-state index in [-0.39, 0.29) is 5.54 Å². The van der Waals surface area contributed by atoms with E-state index >= 15 is 0 Å². The highest BCUT2D eigenvalue weighted by atomic mass is 16.3. The summed E-state index contributed by atoms with van der Waals surface area (Å²) in [6, 6.07) is 5.54. The van der Waals surface area contributed by atoms with Gasteiger partial charge in [0, 0.05) is 29.7 Å². The summed E-state index contributed by atoms with van der Waals surface area (Å²) < 4.78 is 2.11. The van der Waals surface area contributed by atoms with E-state index < -0.39 is 0 Å². The molecule has 0 bridgehead atoms. The molecule has 0 unspecified atom stereocenters. The first-order valence-corrected chi connectivity index (χ1v) is 6.13. The highest BCUT2D eigenvalue weighted by Crippen LogP contribution is 2.37. The Bertz CT molecular complexity index is 567. The predicted octanol–water partition coefficient (Wildman–Crippen LogP) is 2.31. The molecule has 0 atom stereocenters. The van der Waals surface area contributed by atoms with Crippen LogP contribution in [0.3, 0.4) is 0 Å². The summed E-state index contributed by atoms with van der Waals surface area (Å²) in [6.07, 6.45) is 6.50. The zero-order chi connectivity index (χ0) is 12.0. The maximum absolute atomic E-state index is 9.57. The van der Waals surface area contributed by atoms with E-state index in [0.717, 1.165) is 31.1 Å². The number of nitrogens with zero attached hydrogens (tertiary/aromatic N) is 1. The minimum atomic E-state index is 0.0962. The molecule has 1 aromatic carbocycles. The quantitative estimate of drug-likeness (QED) is 0.850. The molecule has 0 aliphatic heterocycles. The monoisotopic (exact) mass is 230 g/mol. The smallest absolute Gasteiger partial charge is 0.116 e. The second-order valence-electron chi connectivity index (χ2n) is 5.33. The van der Waals surface area contributed by atoms with Crippen molar-refractivity contribution in [3.05, 3.63) is 30.0 Å². The van der Waals surface area contributed by atoms with Crippen LogP contribution in [0.4, 0.5) is 0 Å². The van der Waals surface area contributed by atoms with Crippen LogP contribution in [-0.2, 0) is 13.5 Å². The van der Waals surface area contributed by atoms with E-state index in [1.807, 2.05) is 19.2 Å². The van der Waals surface area contributed by atoms with Gasteiger partial charge in [-0.25, -0.2) is 0 Å². The fourth-order valence-electron chi connectivity index (χ4n) is 2.46. The molecule has 1 heterocycles. The van der Waals surface area contributed by atoms with E-state index in [1.165, 1.54) is 11.1 Å². The SMILES string of the molecule is Cn1cc(CCC2(N)CC2)c2cc(O)ccc21. The second kappa shape index (κ2) is 3.50. The Hall–Kier alpha value is -1.48. The maximum Gasteiger partial charge on any atom is 0.116 e. The van der Waals surface area contributed by atoms with E-state index in [2.05, 4.69) is 10.8 Å². The van der Waals surface area contributed by atoms with E-state index in [0.29, 0.717) is 5.75 Å². The largest absolute Gasteiger partial charge is 0.508 e. The van der Waals surface area contributed by atoms with Gasteiger partial charge in [0.1, 0.15) is 5.75 Å². The third-order valence-corrected chi connectivity index (χ3v) is 3.84. The normalized spacial score (nSPS) is 17.5. The molecule has 0 spiro atoms. The average Bonchev–Trinajstić information content (AvgIpc) is 2.94. The molecule has 0 radical (unpaired) electrons.